The second-order valence-corrected chi connectivity index (χ2v) is 27.2. The molecule has 8 atom stereocenters. The van der Waals surface area contributed by atoms with E-state index in [1.54, 1.807) is 35.1 Å². The van der Waals surface area contributed by atoms with Crippen molar-refractivity contribution in [2.24, 2.45) is 17.3 Å². The smallest absolute Gasteiger partial charge is 0.463 e. The number of amides is 5. The summed E-state index contributed by atoms with van der Waals surface area (Å²) in [5.41, 5.74) is 1.34. The lowest BCUT2D eigenvalue weighted by atomic mass is 9.59. The Bertz CT molecular complexity index is 3540. The van der Waals surface area contributed by atoms with Gasteiger partial charge >= 0.3 is 13.1 Å². The van der Waals surface area contributed by atoms with Crippen molar-refractivity contribution in [3.05, 3.63) is 179 Å². The number of ether oxygens (including phenoxy) is 1. The van der Waals surface area contributed by atoms with Gasteiger partial charge in [-0.25, -0.2) is 4.98 Å². The number of esters is 1. The molecular formula is C69H82BN9O11S2. The Labute approximate surface area is 547 Å². The van der Waals surface area contributed by atoms with Crippen molar-refractivity contribution in [1.82, 2.24) is 45.8 Å². The number of unbranched alkanes of at least 4 members (excludes halogenated alkanes) is 2. The third-order valence-electron chi connectivity index (χ3n) is 18.0. The van der Waals surface area contributed by atoms with E-state index in [1.165, 1.54) is 30.4 Å². The van der Waals surface area contributed by atoms with E-state index in [-0.39, 0.29) is 74.8 Å². The number of fused-ring (bicyclic) bond motifs is 1. The summed E-state index contributed by atoms with van der Waals surface area (Å²) in [5.74, 6) is -5.59. The minimum absolute atomic E-state index is 0.0597. The maximum absolute atomic E-state index is 15.2. The Morgan fingerprint density at radius 2 is 1.52 bits per heavy atom. The van der Waals surface area contributed by atoms with Crippen LogP contribution < -0.4 is 16.0 Å². The number of thioether (sulfide) groups is 1. The number of imide groups is 1. The topological polar surface area (TPSA) is 263 Å². The average Bonchev–Trinajstić information content (AvgIpc) is 1.49. The lowest BCUT2D eigenvalue weighted by Gasteiger charge is -2.55. The molecule has 2 aromatic heterocycles. The number of aryl methyl sites for hydroxylation is 1. The number of carbonyl (C=O) groups excluding carboxylic acids is 7. The predicted molar refractivity (Wildman–Crippen MR) is 353 cm³/mol. The molecule has 6 aromatic rings. The highest BCUT2D eigenvalue weighted by atomic mass is 32.2. The van der Waals surface area contributed by atoms with Crippen molar-refractivity contribution in [1.29, 1.82) is 0 Å². The fourth-order valence-electron chi connectivity index (χ4n) is 13.1. The first-order chi connectivity index (χ1) is 44.2. The fraction of sp³-hybridized carbons (Fsp3) is 0.449. The van der Waals surface area contributed by atoms with Gasteiger partial charge < -0.3 is 35.1 Å². The molecule has 4 aromatic carbocycles. The van der Waals surface area contributed by atoms with Gasteiger partial charge in [0.2, 0.25) is 17.7 Å². The van der Waals surface area contributed by atoms with Crippen molar-refractivity contribution >= 4 is 76.6 Å². The van der Waals surface area contributed by atoms with E-state index in [4.69, 9.17) is 26.3 Å². The summed E-state index contributed by atoms with van der Waals surface area (Å²) in [5, 5.41) is 25.8. The summed E-state index contributed by atoms with van der Waals surface area (Å²) in [4.78, 5) is 108. The van der Waals surface area contributed by atoms with Crippen LogP contribution in [0.15, 0.2) is 140 Å². The standard InChI is InChI=1S/C69H82BN9O11S2/c1-45(2)38-57(75-62(84)55(39-47-20-11-7-12-21-47)74-63(85)56-41-71-33-34-72-56)70-89-68(6)32-19-31-67(4,5)69(68,90-70)44-88-58(82)26-17-10-18-36-78-42-52(76-77-78)43-79-64(86)59(60(65(79)87)92-66(91)51-24-15-9-16-25-51)54(40-53(46(3)81)48-22-13-8-14-23-48)49-27-29-50(30-28-49)61(83)73-35-37-80/h7-9,11-16,20-25,27-30,33-34,41-42,45,53-55,57,59-60,80H,10,17-19,26,31-32,35-40,43-44H2,1-6H3,(H,73,83)(H,74,85)(H,75,84)/t53?,54?,55-,57-,59?,60?,68?,69?/m0/s1. The van der Waals surface area contributed by atoms with Crippen molar-refractivity contribution < 1.29 is 52.7 Å². The van der Waals surface area contributed by atoms with Crippen LogP contribution in [0.25, 0.3) is 0 Å². The normalized spacial score (nSPS) is 20.6. The van der Waals surface area contributed by atoms with Gasteiger partial charge in [0.15, 0.2) is 0 Å². The van der Waals surface area contributed by atoms with Crippen molar-refractivity contribution in [3.63, 3.8) is 0 Å². The highest BCUT2D eigenvalue weighted by Gasteiger charge is 2.69. The second kappa shape index (κ2) is 31.2. The maximum Gasteiger partial charge on any atom is 0.482 e. The molecule has 3 fully saturated rings. The highest BCUT2D eigenvalue weighted by Crippen LogP contribution is 2.57. The summed E-state index contributed by atoms with van der Waals surface area (Å²) >= 11 is 7.10. The number of aliphatic hydroxyl groups is 1. The number of hydrogen-bond donors (Lipinski definition) is 4. The molecule has 4 heterocycles. The van der Waals surface area contributed by atoms with Crippen LogP contribution >= 0.6 is 24.0 Å². The van der Waals surface area contributed by atoms with Crippen LogP contribution in [0.2, 0.25) is 0 Å². The van der Waals surface area contributed by atoms with E-state index in [1.807, 2.05) is 97.9 Å². The molecule has 4 N–H and O–H groups in total. The number of nitrogens with one attached hydrogen (secondary N) is 3. The van der Waals surface area contributed by atoms with Gasteiger partial charge in [0.1, 0.15) is 40.7 Å². The second-order valence-electron chi connectivity index (χ2n) is 25.4. The van der Waals surface area contributed by atoms with E-state index >= 15 is 4.79 Å². The Kier molecular flexibility index (Phi) is 23.2. The number of thiocarbonyl (C=S) groups is 1. The van der Waals surface area contributed by atoms with Gasteiger partial charge in [0, 0.05) is 49.8 Å². The number of ketones is 1. The number of nitrogens with zero attached hydrogens (tertiary/aromatic N) is 6. The lowest BCUT2D eigenvalue weighted by molar-refractivity contribution is -0.187. The van der Waals surface area contributed by atoms with Gasteiger partial charge in [-0.1, -0.05) is 166 Å². The van der Waals surface area contributed by atoms with Crippen molar-refractivity contribution in [2.75, 3.05) is 19.8 Å². The highest BCUT2D eigenvalue weighted by molar-refractivity contribution is 8.24. The van der Waals surface area contributed by atoms with Crippen LogP contribution in [-0.4, -0.2) is 136 Å². The molecular weight excluding hydrogens is 1210 g/mol. The van der Waals surface area contributed by atoms with Crippen molar-refractivity contribution in [3.8, 4) is 0 Å². The monoisotopic (exact) mass is 1290 g/mol. The molecule has 2 aliphatic heterocycles. The van der Waals surface area contributed by atoms with E-state index in [2.05, 4.69) is 63.9 Å². The molecule has 1 saturated carbocycles. The molecule has 5 amide bonds. The molecule has 92 heavy (non-hydrogen) atoms. The zero-order chi connectivity index (χ0) is 65.6. The molecule has 6 unspecified atom stereocenters. The Morgan fingerprint density at radius 1 is 0.815 bits per heavy atom. The van der Waals surface area contributed by atoms with Crippen LogP contribution in [0, 0.1) is 17.3 Å². The van der Waals surface area contributed by atoms with Crippen LogP contribution in [0.1, 0.15) is 160 Å². The number of benzene rings is 4. The van der Waals surface area contributed by atoms with Gasteiger partial charge in [-0.3, -0.25) is 48.1 Å². The minimum Gasteiger partial charge on any atom is -0.463 e. The number of aromatic nitrogens is 5. The number of carbonyl (C=O) groups is 7. The Morgan fingerprint density at radius 3 is 2.20 bits per heavy atom. The number of likely N-dealkylation sites (tertiary alicyclic amines) is 1. The molecule has 23 heteroatoms. The molecule has 2 saturated heterocycles. The molecule has 1 aliphatic carbocycles. The minimum atomic E-state index is -1.07. The van der Waals surface area contributed by atoms with Gasteiger partial charge in [-0.05, 0) is 110 Å². The van der Waals surface area contributed by atoms with Crippen LogP contribution in [-0.2, 0) is 57.5 Å². The zero-order valence-corrected chi connectivity index (χ0v) is 54.7. The average molecular weight is 1290 g/mol. The quantitative estimate of drug-likeness (QED) is 0.0108. The molecule has 0 radical (unpaired) electrons. The van der Waals surface area contributed by atoms with Crippen LogP contribution in [0.5, 0.6) is 0 Å². The van der Waals surface area contributed by atoms with Crippen LogP contribution in [0.3, 0.4) is 0 Å². The first kappa shape index (κ1) is 68.5. The largest absolute Gasteiger partial charge is 0.482 e. The third kappa shape index (κ3) is 16.5. The molecule has 3 aliphatic rings. The number of aliphatic hydroxyl groups excluding tert-OH is 1. The summed E-state index contributed by atoms with van der Waals surface area (Å²) < 4.78 is 22.3. The fourth-order valence-corrected chi connectivity index (χ4v) is 14.7. The van der Waals surface area contributed by atoms with Gasteiger partial charge in [-0.2, -0.15) is 0 Å². The Balaban J connectivity index is 0.839. The lowest BCUT2D eigenvalue weighted by Crippen LogP contribution is -2.64. The predicted octanol–water partition coefficient (Wildman–Crippen LogP) is 8.76. The summed E-state index contributed by atoms with van der Waals surface area (Å²) in [6, 6.07) is 33.8. The number of hydrogen-bond acceptors (Lipinski definition) is 17. The van der Waals surface area contributed by atoms with E-state index in [0.717, 1.165) is 41.3 Å². The van der Waals surface area contributed by atoms with E-state index in [9.17, 15) is 33.9 Å². The zero-order valence-electron chi connectivity index (χ0n) is 53.0. The first-order valence-electron chi connectivity index (χ1n) is 31.7. The molecule has 484 valence electrons. The van der Waals surface area contributed by atoms with Gasteiger partial charge in [-0.15, -0.1) is 5.10 Å². The van der Waals surface area contributed by atoms with Gasteiger partial charge in [0.05, 0.1) is 47.2 Å². The van der Waals surface area contributed by atoms with Crippen molar-refractivity contribution in [2.45, 2.75) is 159 Å². The van der Waals surface area contributed by atoms with Crippen LogP contribution in [0.4, 0.5) is 0 Å². The summed E-state index contributed by atoms with van der Waals surface area (Å²) in [6.07, 6.45) is 11.0. The van der Waals surface area contributed by atoms with E-state index in [0.29, 0.717) is 59.7 Å². The maximum atomic E-state index is 15.2. The molecule has 0 bridgehead atoms. The molecule has 20 nitrogen and oxygen atoms in total. The summed E-state index contributed by atoms with van der Waals surface area (Å²) in [7, 11) is -0.902. The SMILES string of the molecule is CC(=O)C(CC(c1ccc(C(=O)NCCO)cc1)C1C(=O)N(Cc2cn(CCCCCC(=O)OCC34OB([C@H](CC(C)C)NC(=O)[C@H](Cc5ccccc5)NC(=O)c5cnccn5)OC3(C)CCCC4(C)C)nn2)C(=O)C1SC(=S)c1ccccc1)c1ccccc1. The number of rotatable bonds is 30. The Hall–Kier alpha value is -7.83. The van der Waals surface area contributed by atoms with E-state index < -0.39 is 82.4 Å². The number of Topliss-reactive ketones (excluding diaryl/α,β-unsaturated/α-hetero) is 1. The first-order valence-corrected chi connectivity index (χ1v) is 33.0. The molecule has 9 rings (SSSR count). The summed E-state index contributed by atoms with van der Waals surface area (Å²) in [6.45, 7) is 11.9. The third-order valence-corrected chi connectivity index (χ3v) is 19.8. The molecule has 0 spiro atoms. The van der Waals surface area contributed by atoms with Gasteiger partial charge in [0.25, 0.3) is 11.8 Å².